The summed E-state index contributed by atoms with van der Waals surface area (Å²) in [5, 5.41) is 0. The molecule has 0 aromatic heterocycles. The average Bonchev–Trinajstić information content (AvgIpc) is 3.15. The summed E-state index contributed by atoms with van der Waals surface area (Å²) < 4.78 is 16.6. The zero-order valence-corrected chi connectivity index (χ0v) is 34.3. The van der Waals surface area contributed by atoms with E-state index in [1.165, 1.54) is 25.7 Å². The largest absolute Gasteiger partial charge is 0.462 e. The van der Waals surface area contributed by atoms with E-state index in [1.54, 1.807) is 0 Å². The van der Waals surface area contributed by atoms with Crippen LogP contribution in [0, 0.1) is 0 Å². The highest BCUT2D eigenvalue weighted by molar-refractivity contribution is 5.71. The number of hydrogen-bond acceptors (Lipinski definition) is 6. The maximum absolute atomic E-state index is 12.7. The molecule has 302 valence electrons. The molecule has 0 saturated carbocycles. The molecule has 0 aromatic carbocycles. The quantitative estimate of drug-likeness (QED) is 0.0273. The second kappa shape index (κ2) is 41.6. The van der Waals surface area contributed by atoms with E-state index in [4.69, 9.17) is 14.2 Å². The van der Waals surface area contributed by atoms with Gasteiger partial charge in [-0.05, 0) is 96.3 Å². The number of ether oxygens (including phenoxy) is 3. The van der Waals surface area contributed by atoms with Crippen molar-refractivity contribution in [3.05, 3.63) is 72.9 Å². The number of unbranched alkanes of at least 4 members (excludes halogenated alkanes) is 14. The van der Waals surface area contributed by atoms with Crippen LogP contribution in [0.25, 0.3) is 0 Å². The van der Waals surface area contributed by atoms with Crippen molar-refractivity contribution in [2.24, 2.45) is 0 Å². The van der Waals surface area contributed by atoms with Crippen molar-refractivity contribution in [3.63, 3.8) is 0 Å². The lowest BCUT2D eigenvalue weighted by molar-refractivity contribution is -0.167. The number of hydrogen-bond donors (Lipinski definition) is 0. The first-order chi connectivity index (χ1) is 26.0. The van der Waals surface area contributed by atoms with E-state index in [1.807, 2.05) is 0 Å². The van der Waals surface area contributed by atoms with Crippen molar-refractivity contribution in [2.75, 3.05) is 13.2 Å². The first-order valence-corrected chi connectivity index (χ1v) is 21.4. The Morgan fingerprint density at radius 1 is 0.377 bits per heavy atom. The van der Waals surface area contributed by atoms with Crippen LogP contribution in [-0.2, 0) is 28.6 Å². The number of carbonyl (C=O) groups is 3. The molecule has 0 aliphatic rings. The molecular weight excluding hydrogens is 661 g/mol. The van der Waals surface area contributed by atoms with Crippen molar-refractivity contribution in [1.29, 1.82) is 0 Å². The second-order valence-corrected chi connectivity index (χ2v) is 13.8. The Labute approximate surface area is 325 Å². The minimum absolute atomic E-state index is 0.0970. The standard InChI is InChI=1S/C47H78O6/c1-4-7-10-13-16-19-21-23-24-26-28-31-34-37-40-46(49)52-43-44(42-51-45(48)39-36-33-30-27-18-15-12-9-6-3)53-47(50)41-38-35-32-29-25-22-20-17-14-11-8-5-2/h7-12,16-20,27,44H,4-6,13-15,21-26,28-43H2,1-3H3/b10-7-,11-8-,12-9-,19-16-,20-17-,27-18-. The zero-order chi connectivity index (χ0) is 38.7. The van der Waals surface area contributed by atoms with Gasteiger partial charge in [0.2, 0.25) is 0 Å². The second-order valence-electron chi connectivity index (χ2n) is 13.8. The third-order valence-electron chi connectivity index (χ3n) is 8.69. The topological polar surface area (TPSA) is 78.9 Å². The molecule has 0 N–H and O–H groups in total. The Hall–Kier alpha value is -3.15. The van der Waals surface area contributed by atoms with E-state index in [0.717, 1.165) is 122 Å². The van der Waals surface area contributed by atoms with Crippen molar-refractivity contribution in [2.45, 2.75) is 194 Å². The third kappa shape index (κ3) is 39.9. The summed E-state index contributed by atoms with van der Waals surface area (Å²) in [7, 11) is 0. The smallest absolute Gasteiger partial charge is 0.306 e. The van der Waals surface area contributed by atoms with E-state index < -0.39 is 6.10 Å². The van der Waals surface area contributed by atoms with Gasteiger partial charge in [-0.3, -0.25) is 14.4 Å². The predicted molar refractivity (Wildman–Crippen MR) is 224 cm³/mol. The van der Waals surface area contributed by atoms with Crippen LogP contribution in [0.15, 0.2) is 72.9 Å². The van der Waals surface area contributed by atoms with Crippen LogP contribution >= 0.6 is 0 Å². The SMILES string of the molecule is CC/C=C\C/C=C\CCCCCCCCCC(=O)OCC(COC(=O)CCCC/C=C\C/C=C\CC)OC(=O)CCCCCCC/C=C\C/C=C\CC. The normalized spacial score (nSPS) is 12.7. The van der Waals surface area contributed by atoms with Crippen LogP contribution in [0.2, 0.25) is 0 Å². The van der Waals surface area contributed by atoms with Crippen molar-refractivity contribution >= 4 is 17.9 Å². The van der Waals surface area contributed by atoms with E-state index in [-0.39, 0.29) is 31.1 Å². The highest BCUT2D eigenvalue weighted by Crippen LogP contribution is 2.13. The van der Waals surface area contributed by atoms with Gasteiger partial charge in [-0.2, -0.15) is 0 Å². The summed E-state index contributed by atoms with van der Waals surface area (Å²) >= 11 is 0. The fourth-order valence-corrected chi connectivity index (χ4v) is 5.55. The highest BCUT2D eigenvalue weighted by atomic mass is 16.6. The van der Waals surface area contributed by atoms with Crippen LogP contribution in [0.5, 0.6) is 0 Å². The lowest BCUT2D eigenvalue weighted by atomic mass is 10.1. The Bertz CT molecular complexity index is 1030. The summed E-state index contributed by atoms with van der Waals surface area (Å²) in [6.07, 6.45) is 50.4. The van der Waals surface area contributed by atoms with Gasteiger partial charge in [-0.25, -0.2) is 0 Å². The van der Waals surface area contributed by atoms with Crippen LogP contribution in [0.3, 0.4) is 0 Å². The molecule has 1 unspecified atom stereocenters. The lowest BCUT2D eigenvalue weighted by Gasteiger charge is -2.18. The highest BCUT2D eigenvalue weighted by Gasteiger charge is 2.19. The number of allylic oxidation sites excluding steroid dienone is 12. The molecule has 0 aliphatic carbocycles. The van der Waals surface area contributed by atoms with E-state index in [2.05, 4.69) is 93.7 Å². The lowest BCUT2D eigenvalue weighted by Crippen LogP contribution is -2.30. The summed E-state index contributed by atoms with van der Waals surface area (Å²) in [4.78, 5) is 37.6. The summed E-state index contributed by atoms with van der Waals surface area (Å²) in [6.45, 7) is 6.22. The summed E-state index contributed by atoms with van der Waals surface area (Å²) in [6, 6.07) is 0. The molecule has 1 atom stereocenters. The third-order valence-corrected chi connectivity index (χ3v) is 8.69. The maximum Gasteiger partial charge on any atom is 0.306 e. The van der Waals surface area contributed by atoms with Gasteiger partial charge in [0, 0.05) is 19.3 Å². The van der Waals surface area contributed by atoms with Crippen LogP contribution < -0.4 is 0 Å². The van der Waals surface area contributed by atoms with Crippen molar-refractivity contribution < 1.29 is 28.6 Å². The molecule has 0 radical (unpaired) electrons. The van der Waals surface area contributed by atoms with Gasteiger partial charge in [0.25, 0.3) is 0 Å². The Balaban J connectivity index is 4.42. The fraction of sp³-hybridized carbons (Fsp3) is 0.681. The van der Waals surface area contributed by atoms with Gasteiger partial charge in [-0.1, -0.05) is 145 Å². The monoisotopic (exact) mass is 739 g/mol. The minimum atomic E-state index is -0.795. The molecule has 0 heterocycles. The van der Waals surface area contributed by atoms with Crippen molar-refractivity contribution in [3.8, 4) is 0 Å². The molecular formula is C47H78O6. The van der Waals surface area contributed by atoms with Crippen LogP contribution in [-0.4, -0.2) is 37.2 Å². The molecule has 0 aromatic rings. The molecule has 0 bridgehead atoms. The molecule has 6 heteroatoms. The molecule has 0 amide bonds. The molecule has 53 heavy (non-hydrogen) atoms. The van der Waals surface area contributed by atoms with Gasteiger partial charge in [0.05, 0.1) is 0 Å². The molecule has 6 nitrogen and oxygen atoms in total. The predicted octanol–water partition coefficient (Wildman–Crippen LogP) is 13.5. The maximum atomic E-state index is 12.7. The summed E-state index contributed by atoms with van der Waals surface area (Å²) in [5.41, 5.74) is 0. The summed E-state index contributed by atoms with van der Waals surface area (Å²) in [5.74, 6) is -0.967. The van der Waals surface area contributed by atoms with E-state index >= 15 is 0 Å². The van der Waals surface area contributed by atoms with Gasteiger partial charge in [0.15, 0.2) is 6.10 Å². The Kier molecular flexibility index (Phi) is 39.1. The van der Waals surface area contributed by atoms with Gasteiger partial charge in [-0.15, -0.1) is 0 Å². The Morgan fingerprint density at radius 2 is 0.679 bits per heavy atom. The van der Waals surface area contributed by atoms with Gasteiger partial charge < -0.3 is 14.2 Å². The van der Waals surface area contributed by atoms with Crippen LogP contribution in [0.4, 0.5) is 0 Å². The molecule has 0 aliphatic heterocycles. The molecule has 0 saturated heterocycles. The van der Waals surface area contributed by atoms with E-state index in [9.17, 15) is 14.4 Å². The molecule has 0 fully saturated rings. The fourth-order valence-electron chi connectivity index (χ4n) is 5.55. The zero-order valence-electron chi connectivity index (χ0n) is 34.3. The van der Waals surface area contributed by atoms with Gasteiger partial charge in [0.1, 0.15) is 13.2 Å². The van der Waals surface area contributed by atoms with Gasteiger partial charge >= 0.3 is 17.9 Å². The van der Waals surface area contributed by atoms with Crippen LogP contribution in [0.1, 0.15) is 188 Å². The Morgan fingerprint density at radius 3 is 1.08 bits per heavy atom. The minimum Gasteiger partial charge on any atom is -0.462 e. The average molecular weight is 739 g/mol. The first-order valence-electron chi connectivity index (χ1n) is 21.4. The van der Waals surface area contributed by atoms with E-state index in [0.29, 0.717) is 19.3 Å². The number of rotatable bonds is 37. The number of esters is 3. The molecule has 0 rings (SSSR count). The van der Waals surface area contributed by atoms with Crippen molar-refractivity contribution in [1.82, 2.24) is 0 Å². The molecule has 0 spiro atoms. The number of carbonyl (C=O) groups excluding carboxylic acids is 3. The first kappa shape index (κ1) is 49.9.